The van der Waals surface area contributed by atoms with Crippen molar-refractivity contribution < 1.29 is 19.1 Å². The molecule has 0 aliphatic heterocycles. The van der Waals surface area contributed by atoms with Crippen LogP contribution in [0.15, 0.2) is 48.5 Å². The molecule has 0 aromatic heterocycles. The number of benzene rings is 2. The number of Topliss-reactive ketones (excluding diaryl/α,β-unsaturated/α-hetero) is 1. The van der Waals surface area contributed by atoms with Crippen molar-refractivity contribution in [3.05, 3.63) is 65.2 Å². The van der Waals surface area contributed by atoms with Crippen LogP contribution in [0.1, 0.15) is 60.9 Å². The van der Waals surface area contributed by atoms with Gasteiger partial charge in [0.25, 0.3) is 0 Å². The molecule has 2 aromatic rings. The van der Waals surface area contributed by atoms with Crippen LogP contribution in [0.4, 0.5) is 5.69 Å². The average Bonchev–Trinajstić information content (AvgIpc) is 2.60. The van der Waals surface area contributed by atoms with E-state index >= 15 is 0 Å². The molecule has 0 bridgehead atoms. The topological polar surface area (TPSA) is 72.5 Å². The molecule has 2 rings (SSSR count). The second kappa shape index (κ2) is 8.16. The highest BCUT2D eigenvalue weighted by molar-refractivity contribution is 6.01. The Kier molecular flexibility index (Phi) is 6.16. The Hall–Kier alpha value is -2.95. The zero-order chi connectivity index (χ0) is 20.2. The highest BCUT2D eigenvalue weighted by Gasteiger charge is 2.21. The van der Waals surface area contributed by atoms with Crippen LogP contribution in [0, 0.1) is 0 Å². The molecule has 142 valence electrons. The third-order valence-electron chi connectivity index (χ3n) is 4.13. The van der Waals surface area contributed by atoms with Crippen molar-refractivity contribution in [1.29, 1.82) is 0 Å². The fourth-order valence-electron chi connectivity index (χ4n) is 2.54. The van der Waals surface area contributed by atoms with Crippen molar-refractivity contribution in [2.24, 2.45) is 0 Å². The average molecular weight is 367 g/mol. The van der Waals surface area contributed by atoms with Crippen molar-refractivity contribution in [1.82, 2.24) is 0 Å². The minimum atomic E-state index is -0.895. The molecule has 5 heteroatoms. The number of hydrogen-bond donors (Lipinski definition) is 1. The van der Waals surface area contributed by atoms with E-state index in [1.54, 1.807) is 43.3 Å². The van der Waals surface area contributed by atoms with Gasteiger partial charge in [0.15, 0.2) is 6.10 Å². The summed E-state index contributed by atoms with van der Waals surface area (Å²) in [6, 6.07) is 13.7. The molecule has 0 heterocycles. The van der Waals surface area contributed by atoms with Gasteiger partial charge in [-0.2, -0.15) is 0 Å². The number of nitrogens with one attached hydrogen (secondary N) is 1. The second-order valence-electron chi connectivity index (χ2n) is 7.50. The minimum Gasteiger partial charge on any atom is -0.451 e. The summed E-state index contributed by atoms with van der Waals surface area (Å²) in [6.45, 7) is 9.27. The van der Waals surface area contributed by atoms with Gasteiger partial charge in [0.1, 0.15) is 0 Å². The maximum Gasteiger partial charge on any atom is 0.338 e. The summed E-state index contributed by atoms with van der Waals surface area (Å²) in [5.41, 5.74) is 2.53. The first-order valence-corrected chi connectivity index (χ1v) is 8.81. The molecule has 0 aliphatic carbocycles. The number of carbonyl (C=O) groups excluding carboxylic acids is 3. The van der Waals surface area contributed by atoms with Crippen molar-refractivity contribution >= 4 is 23.3 Å². The maximum atomic E-state index is 12.5. The number of ketones is 1. The first kappa shape index (κ1) is 20.4. The van der Waals surface area contributed by atoms with Gasteiger partial charge in [0.05, 0.1) is 5.56 Å². The lowest BCUT2D eigenvalue weighted by molar-refractivity contribution is -0.114. The van der Waals surface area contributed by atoms with Gasteiger partial charge in [0, 0.05) is 18.2 Å². The fourth-order valence-corrected chi connectivity index (χ4v) is 2.54. The molecule has 0 unspecified atom stereocenters. The third kappa shape index (κ3) is 5.51. The molecule has 0 fully saturated rings. The third-order valence-corrected chi connectivity index (χ3v) is 4.13. The van der Waals surface area contributed by atoms with E-state index in [4.69, 9.17) is 4.74 Å². The van der Waals surface area contributed by atoms with Gasteiger partial charge in [0.2, 0.25) is 11.7 Å². The van der Waals surface area contributed by atoms with Crippen LogP contribution in [-0.2, 0) is 14.9 Å². The van der Waals surface area contributed by atoms with E-state index in [9.17, 15) is 14.4 Å². The van der Waals surface area contributed by atoms with Crippen LogP contribution >= 0.6 is 0 Å². The maximum absolute atomic E-state index is 12.5. The summed E-state index contributed by atoms with van der Waals surface area (Å²) in [5.74, 6) is -1.03. The van der Waals surface area contributed by atoms with Crippen LogP contribution < -0.4 is 5.32 Å². The lowest BCUT2D eigenvalue weighted by atomic mass is 9.86. The van der Waals surface area contributed by atoms with Crippen LogP contribution in [0.2, 0.25) is 0 Å². The molecular formula is C22H25NO4. The Morgan fingerprint density at radius 3 is 1.89 bits per heavy atom. The van der Waals surface area contributed by atoms with Crippen molar-refractivity contribution in [3.8, 4) is 0 Å². The molecule has 2 aromatic carbocycles. The first-order valence-electron chi connectivity index (χ1n) is 8.81. The second-order valence-corrected chi connectivity index (χ2v) is 7.50. The van der Waals surface area contributed by atoms with E-state index in [-0.39, 0.29) is 17.1 Å². The number of anilines is 1. The number of amides is 1. The van der Waals surface area contributed by atoms with E-state index in [1.807, 2.05) is 12.1 Å². The summed E-state index contributed by atoms with van der Waals surface area (Å²) < 4.78 is 5.30. The molecule has 1 amide bonds. The van der Waals surface area contributed by atoms with E-state index in [0.29, 0.717) is 16.8 Å². The highest BCUT2D eigenvalue weighted by atomic mass is 16.5. The summed E-state index contributed by atoms with van der Waals surface area (Å²) in [5, 5.41) is 2.62. The zero-order valence-corrected chi connectivity index (χ0v) is 16.3. The fraction of sp³-hybridized carbons (Fsp3) is 0.318. The molecule has 27 heavy (non-hydrogen) atoms. The van der Waals surface area contributed by atoms with Gasteiger partial charge in [-0.15, -0.1) is 0 Å². The Balaban J connectivity index is 2.03. The van der Waals surface area contributed by atoms with E-state index in [1.165, 1.54) is 6.92 Å². The van der Waals surface area contributed by atoms with Gasteiger partial charge >= 0.3 is 5.97 Å². The first-order chi connectivity index (χ1) is 12.6. The Morgan fingerprint density at radius 1 is 0.889 bits per heavy atom. The van der Waals surface area contributed by atoms with Crippen molar-refractivity contribution in [3.63, 3.8) is 0 Å². The predicted molar refractivity (Wildman–Crippen MR) is 105 cm³/mol. The number of carbonyl (C=O) groups is 3. The van der Waals surface area contributed by atoms with E-state index < -0.39 is 12.1 Å². The van der Waals surface area contributed by atoms with Crippen molar-refractivity contribution in [2.75, 3.05) is 5.32 Å². The Labute approximate surface area is 159 Å². The quantitative estimate of drug-likeness (QED) is 0.629. The Morgan fingerprint density at radius 2 is 1.41 bits per heavy atom. The highest BCUT2D eigenvalue weighted by Crippen LogP contribution is 2.22. The largest absolute Gasteiger partial charge is 0.451 e. The molecule has 0 radical (unpaired) electrons. The molecule has 1 N–H and O–H groups in total. The molecule has 1 atom stereocenters. The molecular weight excluding hydrogens is 342 g/mol. The smallest absolute Gasteiger partial charge is 0.338 e. The standard InChI is InChI=1S/C22H25NO4/c1-14(20(25)16-6-10-18(11-7-16)22(3,4)5)27-21(26)17-8-12-19(13-9-17)23-15(2)24/h6-14H,1-5H3,(H,23,24)/t14-/m0/s1. The SMILES string of the molecule is CC(=O)Nc1ccc(C(=O)O[C@@H](C)C(=O)c2ccc(C(C)(C)C)cc2)cc1. The van der Waals surface area contributed by atoms with Gasteiger partial charge in [-0.05, 0) is 42.2 Å². The molecule has 0 saturated carbocycles. The lowest BCUT2D eigenvalue weighted by Gasteiger charge is -2.19. The number of ether oxygens (including phenoxy) is 1. The minimum absolute atomic E-state index is 0.00304. The van der Waals surface area contributed by atoms with Gasteiger partial charge < -0.3 is 10.1 Å². The Bertz CT molecular complexity index is 830. The van der Waals surface area contributed by atoms with Crippen molar-refractivity contribution in [2.45, 2.75) is 46.1 Å². The zero-order valence-electron chi connectivity index (χ0n) is 16.3. The van der Waals surface area contributed by atoms with Gasteiger partial charge in [-0.1, -0.05) is 45.0 Å². The van der Waals surface area contributed by atoms with Crippen LogP contribution in [0.3, 0.4) is 0 Å². The normalized spacial score (nSPS) is 12.2. The van der Waals surface area contributed by atoms with Crippen LogP contribution in [0.5, 0.6) is 0 Å². The molecule has 0 aliphatic rings. The summed E-state index contributed by atoms with van der Waals surface area (Å²) in [4.78, 5) is 35.8. The molecule has 0 saturated heterocycles. The lowest BCUT2D eigenvalue weighted by Crippen LogP contribution is -2.24. The van der Waals surface area contributed by atoms with Crippen LogP contribution in [0.25, 0.3) is 0 Å². The summed E-state index contributed by atoms with van der Waals surface area (Å²) in [6.07, 6.45) is -0.895. The summed E-state index contributed by atoms with van der Waals surface area (Å²) in [7, 11) is 0. The number of rotatable bonds is 5. The van der Waals surface area contributed by atoms with E-state index in [2.05, 4.69) is 26.1 Å². The van der Waals surface area contributed by atoms with Crippen LogP contribution in [-0.4, -0.2) is 23.8 Å². The monoisotopic (exact) mass is 367 g/mol. The van der Waals surface area contributed by atoms with Gasteiger partial charge in [-0.3, -0.25) is 9.59 Å². The number of hydrogen-bond acceptors (Lipinski definition) is 4. The van der Waals surface area contributed by atoms with E-state index in [0.717, 1.165) is 5.56 Å². The van der Waals surface area contributed by atoms with Gasteiger partial charge in [-0.25, -0.2) is 4.79 Å². The molecule has 0 spiro atoms. The summed E-state index contributed by atoms with van der Waals surface area (Å²) >= 11 is 0. The predicted octanol–water partition coefficient (Wildman–Crippen LogP) is 4.37. The number of esters is 1. The molecule has 5 nitrogen and oxygen atoms in total.